The van der Waals surface area contributed by atoms with Crippen molar-refractivity contribution in [1.82, 2.24) is 4.98 Å². The lowest BCUT2D eigenvalue weighted by Crippen LogP contribution is -2.15. The maximum atomic E-state index is 11.8. The summed E-state index contributed by atoms with van der Waals surface area (Å²) in [5, 5.41) is 27.7. The summed E-state index contributed by atoms with van der Waals surface area (Å²) in [4.78, 5) is 14.3. The van der Waals surface area contributed by atoms with Gasteiger partial charge in [0.25, 0.3) is 5.56 Å². The first-order chi connectivity index (χ1) is 10.1. The van der Waals surface area contributed by atoms with Gasteiger partial charge in [-0.25, -0.2) is 0 Å². The Morgan fingerprint density at radius 2 is 1.81 bits per heavy atom. The van der Waals surface area contributed by atoms with Crippen LogP contribution in [-0.4, -0.2) is 10.1 Å². The normalized spacial score (nSPS) is 10.2. The quantitative estimate of drug-likeness (QED) is 0.879. The van der Waals surface area contributed by atoms with Crippen molar-refractivity contribution >= 4 is 12.2 Å². The lowest BCUT2D eigenvalue weighted by Gasteiger charge is -2.04. The Hall–Kier alpha value is -3.31. The summed E-state index contributed by atoms with van der Waals surface area (Å²) in [5.74, 6) is 0.114. The van der Waals surface area contributed by atoms with E-state index in [0.717, 1.165) is 0 Å². The van der Waals surface area contributed by atoms with E-state index in [0.29, 0.717) is 16.8 Å². The molecular weight excluding hydrogens is 266 g/mol. The first-order valence-corrected chi connectivity index (χ1v) is 6.11. The molecule has 1 heterocycles. The Labute approximate surface area is 121 Å². The molecule has 0 atom stereocenters. The van der Waals surface area contributed by atoms with Gasteiger partial charge in [-0.15, -0.1) is 0 Å². The van der Waals surface area contributed by atoms with Gasteiger partial charge in [-0.2, -0.15) is 10.5 Å². The molecule has 21 heavy (non-hydrogen) atoms. The van der Waals surface area contributed by atoms with Crippen molar-refractivity contribution in [3.05, 3.63) is 62.6 Å². The molecule has 0 aliphatic carbocycles. The van der Waals surface area contributed by atoms with Crippen LogP contribution in [0.15, 0.2) is 29.1 Å². The van der Waals surface area contributed by atoms with Crippen LogP contribution in [0.3, 0.4) is 0 Å². The Morgan fingerprint density at radius 1 is 1.14 bits per heavy atom. The van der Waals surface area contributed by atoms with Gasteiger partial charge < -0.3 is 10.1 Å². The summed E-state index contributed by atoms with van der Waals surface area (Å²) >= 11 is 0. The number of phenols is 1. The van der Waals surface area contributed by atoms with Gasteiger partial charge in [-0.05, 0) is 30.7 Å². The van der Waals surface area contributed by atoms with Crippen LogP contribution < -0.4 is 5.56 Å². The number of phenolic OH excluding ortho intramolecular Hbond substituents is 1. The maximum Gasteiger partial charge on any atom is 0.267 e. The summed E-state index contributed by atoms with van der Waals surface area (Å²) in [6.07, 6.45) is 3.22. The van der Waals surface area contributed by atoms with E-state index < -0.39 is 5.56 Å². The fraction of sp³-hybridized carbons (Fsp3) is 0.0625. The van der Waals surface area contributed by atoms with E-state index in [1.54, 1.807) is 49.4 Å². The van der Waals surface area contributed by atoms with Crippen molar-refractivity contribution < 1.29 is 5.11 Å². The molecule has 0 fully saturated rings. The number of nitriles is 2. The number of aromatic amines is 1. The topological polar surface area (TPSA) is 101 Å². The van der Waals surface area contributed by atoms with Gasteiger partial charge in [0.2, 0.25) is 0 Å². The number of aromatic nitrogens is 1. The second-order valence-corrected chi connectivity index (χ2v) is 4.36. The fourth-order valence-electron chi connectivity index (χ4n) is 1.93. The fourth-order valence-corrected chi connectivity index (χ4v) is 1.93. The van der Waals surface area contributed by atoms with Crippen LogP contribution in [0.1, 0.15) is 27.9 Å². The third kappa shape index (κ3) is 2.68. The first-order valence-electron chi connectivity index (χ1n) is 6.11. The molecule has 0 saturated heterocycles. The van der Waals surface area contributed by atoms with Crippen LogP contribution in [0.25, 0.3) is 12.2 Å². The molecule has 5 heteroatoms. The number of nitrogens with zero attached hydrogens (tertiary/aromatic N) is 2. The van der Waals surface area contributed by atoms with Gasteiger partial charge in [0.15, 0.2) is 0 Å². The second kappa shape index (κ2) is 5.77. The molecule has 1 aromatic carbocycles. The average molecular weight is 277 g/mol. The summed E-state index contributed by atoms with van der Waals surface area (Å²) in [7, 11) is 0. The average Bonchev–Trinajstić information content (AvgIpc) is 2.48. The number of hydrogen-bond acceptors (Lipinski definition) is 4. The molecule has 0 spiro atoms. The lowest BCUT2D eigenvalue weighted by molar-refractivity contribution is 0.474. The molecule has 0 radical (unpaired) electrons. The minimum atomic E-state index is -0.600. The molecule has 2 N–H and O–H groups in total. The Kier molecular flexibility index (Phi) is 3.87. The predicted octanol–water partition coefficient (Wildman–Crippen LogP) is 2.30. The zero-order valence-electron chi connectivity index (χ0n) is 11.2. The molecule has 2 aromatic rings. The molecule has 0 unspecified atom stereocenters. The summed E-state index contributed by atoms with van der Waals surface area (Å²) in [5.41, 5.74) is 0.809. The zero-order valence-corrected chi connectivity index (χ0v) is 11.2. The van der Waals surface area contributed by atoms with E-state index in [1.807, 2.05) is 6.07 Å². The first kappa shape index (κ1) is 14.1. The van der Waals surface area contributed by atoms with Gasteiger partial charge in [0, 0.05) is 11.3 Å². The van der Waals surface area contributed by atoms with Crippen LogP contribution in [-0.2, 0) is 0 Å². The molecule has 0 amide bonds. The highest BCUT2D eigenvalue weighted by Gasteiger charge is 2.12. The van der Waals surface area contributed by atoms with Crippen LogP contribution in [0.2, 0.25) is 0 Å². The van der Waals surface area contributed by atoms with Gasteiger partial charge >= 0.3 is 0 Å². The second-order valence-electron chi connectivity index (χ2n) is 4.36. The molecular formula is C16H11N3O2. The zero-order chi connectivity index (χ0) is 15.4. The van der Waals surface area contributed by atoms with Crippen molar-refractivity contribution in [2.45, 2.75) is 6.92 Å². The minimum Gasteiger partial charge on any atom is -0.507 e. The Morgan fingerprint density at radius 3 is 2.43 bits per heavy atom. The van der Waals surface area contributed by atoms with Gasteiger partial charge in [-0.3, -0.25) is 4.79 Å². The van der Waals surface area contributed by atoms with Crippen molar-refractivity contribution in [3.8, 4) is 17.9 Å². The molecule has 5 nitrogen and oxygen atoms in total. The number of benzene rings is 1. The van der Waals surface area contributed by atoms with Crippen LogP contribution in [0.5, 0.6) is 5.75 Å². The van der Waals surface area contributed by atoms with E-state index in [9.17, 15) is 9.90 Å². The maximum absolute atomic E-state index is 11.8. The highest BCUT2D eigenvalue weighted by atomic mass is 16.3. The van der Waals surface area contributed by atoms with E-state index >= 15 is 0 Å². The number of rotatable bonds is 2. The van der Waals surface area contributed by atoms with Crippen molar-refractivity contribution in [2.75, 3.05) is 0 Å². The number of hydrogen-bond donors (Lipinski definition) is 2. The third-order valence-corrected chi connectivity index (χ3v) is 3.09. The van der Waals surface area contributed by atoms with Crippen LogP contribution in [0.4, 0.5) is 0 Å². The number of para-hydroxylation sites is 1. The number of pyridine rings is 1. The summed E-state index contributed by atoms with van der Waals surface area (Å²) < 4.78 is 0. The van der Waals surface area contributed by atoms with E-state index in [4.69, 9.17) is 10.5 Å². The summed E-state index contributed by atoms with van der Waals surface area (Å²) in [6.45, 7) is 1.65. The Balaban J connectivity index is 2.55. The molecule has 102 valence electrons. The third-order valence-electron chi connectivity index (χ3n) is 3.09. The molecule has 2 rings (SSSR count). The van der Waals surface area contributed by atoms with Gasteiger partial charge in [0.1, 0.15) is 23.5 Å². The smallest absolute Gasteiger partial charge is 0.267 e. The van der Waals surface area contributed by atoms with Crippen molar-refractivity contribution in [2.24, 2.45) is 0 Å². The standard InChI is InChI=1S/C16H11N3O2/c1-10-12(8-17)13(9-18)16(21)19-14(10)7-6-11-4-2-3-5-15(11)20/h2-7,20H,1H3,(H,19,21)/b7-6+. The van der Waals surface area contributed by atoms with Crippen molar-refractivity contribution in [1.29, 1.82) is 10.5 Å². The van der Waals surface area contributed by atoms with Crippen LogP contribution in [0, 0.1) is 29.6 Å². The lowest BCUT2D eigenvalue weighted by atomic mass is 10.0. The van der Waals surface area contributed by atoms with Gasteiger partial charge in [-0.1, -0.05) is 18.2 Å². The van der Waals surface area contributed by atoms with Gasteiger partial charge in [0.05, 0.1) is 5.56 Å². The van der Waals surface area contributed by atoms with E-state index in [2.05, 4.69) is 4.98 Å². The minimum absolute atomic E-state index is 0.0678. The largest absolute Gasteiger partial charge is 0.507 e. The SMILES string of the molecule is Cc1c(/C=C/c2ccccc2O)[nH]c(=O)c(C#N)c1C#N. The molecule has 0 aliphatic heterocycles. The van der Waals surface area contributed by atoms with Crippen molar-refractivity contribution in [3.63, 3.8) is 0 Å². The number of H-pyrrole nitrogens is 1. The van der Waals surface area contributed by atoms with E-state index in [-0.39, 0.29) is 16.9 Å². The monoisotopic (exact) mass is 277 g/mol. The highest BCUT2D eigenvalue weighted by Crippen LogP contribution is 2.20. The number of nitrogens with one attached hydrogen (secondary N) is 1. The predicted molar refractivity (Wildman–Crippen MR) is 78.3 cm³/mol. The van der Waals surface area contributed by atoms with Crippen LogP contribution >= 0.6 is 0 Å². The summed E-state index contributed by atoms with van der Waals surface area (Å²) in [6, 6.07) is 10.4. The molecule has 0 aliphatic rings. The molecule has 0 bridgehead atoms. The Bertz CT molecular complexity index is 865. The van der Waals surface area contributed by atoms with E-state index in [1.165, 1.54) is 0 Å². The molecule has 0 saturated carbocycles. The highest BCUT2D eigenvalue weighted by molar-refractivity contribution is 5.73. The molecule has 1 aromatic heterocycles. The number of aromatic hydroxyl groups is 1.